The number of likely N-dealkylation sites (tertiary alicyclic amines) is 1. The van der Waals surface area contributed by atoms with E-state index in [0.717, 1.165) is 79.1 Å². The van der Waals surface area contributed by atoms with Crippen molar-refractivity contribution in [3.05, 3.63) is 52.8 Å². The lowest BCUT2D eigenvalue weighted by Gasteiger charge is -2.32. The topological polar surface area (TPSA) is 72.3 Å². The second kappa shape index (κ2) is 9.26. The molecule has 3 heterocycles. The summed E-state index contributed by atoms with van der Waals surface area (Å²) in [5, 5.41) is 9.02. The van der Waals surface area contributed by atoms with Crippen LogP contribution in [0.25, 0.3) is 11.0 Å². The number of ether oxygens (including phenoxy) is 1. The van der Waals surface area contributed by atoms with Gasteiger partial charge in [-0.1, -0.05) is 12.1 Å². The van der Waals surface area contributed by atoms with Crippen LogP contribution in [-0.2, 0) is 12.1 Å². The molecule has 0 spiro atoms. The van der Waals surface area contributed by atoms with Crippen LogP contribution in [0.15, 0.2) is 30.3 Å². The predicted octanol–water partition coefficient (Wildman–Crippen LogP) is 4.78. The van der Waals surface area contributed by atoms with Crippen molar-refractivity contribution in [3.8, 4) is 5.75 Å². The minimum absolute atomic E-state index is 0.00195. The Hall–Kier alpha value is -2.93. The van der Waals surface area contributed by atoms with Gasteiger partial charge in [-0.2, -0.15) is 5.10 Å². The molecule has 5 rings (SSSR count). The summed E-state index contributed by atoms with van der Waals surface area (Å²) in [6.07, 6.45) is 4.18. The maximum atomic E-state index is 13.6. The molecule has 0 radical (unpaired) electrons. The van der Waals surface area contributed by atoms with Gasteiger partial charge in [-0.3, -0.25) is 9.69 Å². The summed E-state index contributed by atoms with van der Waals surface area (Å²) < 4.78 is 7.34. The van der Waals surface area contributed by atoms with Crippen molar-refractivity contribution >= 4 is 16.9 Å². The summed E-state index contributed by atoms with van der Waals surface area (Å²) in [5.74, 6) is 1.36. The van der Waals surface area contributed by atoms with E-state index < -0.39 is 0 Å². The van der Waals surface area contributed by atoms with Crippen LogP contribution in [0.4, 0.5) is 0 Å². The van der Waals surface area contributed by atoms with E-state index in [4.69, 9.17) is 14.8 Å². The van der Waals surface area contributed by atoms with Gasteiger partial charge in [0.2, 0.25) is 0 Å². The van der Waals surface area contributed by atoms with Gasteiger partial charge in [0, 0.05) is 37.3 Å². The Kier molecular flexibility index (Phi) is 6.30. The fraction of sp³-hybridized carbons (Fsp3) is 0.536. The first kappa shape index (κ1) is 23.8. The standard InChI is InChI=1S/C28H37N5O2/c1-18-25-23(16-24(20-9-10-20)30-26(25)33(31-18)28(2,3)4)27(34)29-21-11-13-32(14-12-21)17-19-7-6-8-22(15-19)35-5/h6-8,15-16,20-21H,9-14,17H2,1-5H3,(H,29,34). The van der Waals surface area contributed by atoms with E-state index >= 15 is 0 Å². The zero-order valence-corrected chi connectivity index (χ0v) is 21.6. The predicted molar refractivity (Wildman–Crippen MR) is 138 cm³/mol. The lowest BCUT2D eigenvalue weighted by molar-refractivity contribution is 0.0910. The molecule has 7 nitrogen and oxygen atoms in total. The Morgan fingerprint density at radius 1 is 1.14 bits per heavy atom. The Morgan fingerprint density at radius 2 is 1.89 bits per heavy atom. The summed E-state index contributed by atoms with van der Waals surface area (Å²) in [5.41, 5.74) is 4.50. The van der Waals surface area contributed by atoms with E-state index in [1.54, 1.807) is 7.11 Å². The quantitative estimate of drug-likeness (QED) is 0.556. The molecule has 0 unspecified atom stereocenters. The van der Waals surface area contributed by atoms with E-state index in [1.165, 1.54) is 5.56 Å². The summed E-state index contributed by atoms with van der Waals surface area (Å²) in [7, 11) is 1.70. The SMILES string of the molecule is COc1cccc(CN2CCC(NC(=O)c3cc(C4CC4)nc4c3c(C)nn4C(C)(C)C)CC2)c1. The molecule has 1 aliphatic heterocycles. The smallest absolute Gasteiger partial charge is 0.252 e. The number of nitrogens with zero attached hydrogens (tertiary/aromatic N) is 4. The van der Waals surface area contributed by atoms with Gasteiger partial charge >= 0.3 is 0 Å². The van der Waals surface area contributed by atoms with Crippen molar-refractivity contribution in [2.75, 3.05) is 20.2 Å². The van der Waals surface area contributed by atoms with Gasteiger partial charge in [-0.15, -0.1) is 0 Å². The average Bonchev–Trinajstić information content (AvgIpc) is 3.62. The number of nitrogens with one attached hydrogen (secondary N) is 1. The Bertz CT molecular complexity index is 1230. The molecule has 35 heavy (non-hydrogen) atoms. The number of aromatic nitrogens is 3. The molecule has 1 N–H and O–H groups in total. The zero-order chi connectivity index (χ0) is 24.7. The molecule has 1 amide bonds. The van der Waals surface area contributed by atoms with E-state index in [0.29, 0.717) is 5.92 Å². The third-order valence-electron chi connectivity index (χ3n) is 7.17. The van der Waals surface area contributed by atoms with Crippen molar-refractivity contribution in [2.24, 2.45) is 0 Å². The molecule has 2 fully saturated rings. The van der Waals surface area contributed by atoms with Crippen LogP contribution in [-0.4, -0.2) is 51.8 Å². The van der Waals surface area contributed by atoms with Crippen LogP contribution >= 0.6 is 0 Å². The van der Waals surface area contributed by atoms with Crippen molar-refractivity contribution < 1.29 is 9.53 Å². The maximum absolute atomic E-state index is 13.6. The number of aryl methyl sites for hydroxylation is 1. The number of piperidine rings is 1. The van der Waals surface area contributed by atoms with Crippen LogP contribution in [0.1, 0.15) is 79.7 Å². The largest absolute Gasteiger partial charge is 0.497 e. The van der Waals surface area contributed by atoms with Gasteiger partial charge in [0.05, 0.1) is 29.3 Å². The molecule has 1 saturated heterocycles. The maximum Gasteiger partial charge on any atom is 0.252 e. The first-order valence-electron chi connectivity index (χ1n) is 12.8. The van der Waals surface area contributed by atoms with Gasteiger partial charge in [0.15, 0.2) is 5.65 Å². The third-order valence-corrected chi connectivity index (χ3v) is 7.17. The van der Waals surface area contributed by atoms with E-state index in [9.17, 15) is 4.79 Å². The number of carbonyl (C=O) groups excluding carboxylic acids is 1. The Balaban J connectivity index is 1.31. The summed E-state index contributed by atoms with van der Waals surface area (Å²) in [6.45, 7) is 11.2. The molecule has 1 aliphatic carbocycles. The monoisotopic (exact) mass is 475 g/mol. The highest BCUT2D eigenvalue weighted by atomic mass is 16.5. The molecular weight excluding hydrogens is 438 g/mol. The fourth-order valence-corrected chi connectivity index (χ4v) is 5.07. The number of carbonyl (C=O) groups is 1. The number of amides is 1. The molecule has 0 bridgehead atoms. The second-order valence-corrected chi connectivity index (χ2v) is 11.1. The highest BCUT2D eigenvalue weighted by Gasteiger charge is 2.31. The van der Waals surface area contributed by atoms with E-state index in [2.05, 4.69) is 43.1 Å². The van der Waals surface area contributed by atoms with Gasteiger partial charge in [0.1, 0.15) is 5.75 Å². The Morgan fingerprint density at radius 3 is 2.54 bits per heavy atom. The summed E-state index contributed by atoms with van der Waals surface area (Å²) in [4.78, 5) is 21.0. The molecule has 186 valence electrons. The second-order valence-electron chi connectivity index (χ2n) is 11.1. The molecule has 1 aromatic carbocycles. The van der Waals surface area contributed by atoms with Crippen molar-refractivity contribution in [2.45, 2.75) is 77.4 Å². The number of hydrogen-bond acceptors (Lipinski definition) is 5. The van der Waals surface area contributed by atoms with Crippen LogP contribution in [0.2, 0.25) is 0 Å². The van der Waals surface area contributed by atoms with Crippen molar-refractivity contribution in [3.63, 3.8) is 0 Å². The van der Waals surface area contributed by atoms with Crippen LogP contribution in [0.3, 0.4) is 0 Å². The number of pyridine rings is 1. The lowest BCUT2D eigenvalue weighted by atomic mass is 10.0. The van der Waals surface area contributed by atoms with Crippen molar-refractivity contribution in [1.82, 2.24) is 25.0 Å². The lowest BCUT2D eigenvalue weighted by Crippen LogP contribution is -2.44. The highest BCUT2D eigenvalue weighted by Crippen LogP contribution is 2.41. The molecule has 2 aromatic heterocycles. The normalized spacial score (nSPS) is 17.6. The van der Waals surface area contributed by atoms with E-state index in [-0.39, 0.29) is 17.5 Å². The van der Waals surface area contributed by atoms with Gasteiger partial charge in [-0.25, -0.2) is 9.67 Å². The molecule has 1 saturated carbocycles. The summed E-state index contributed by atoms with van der Waals surface area (Å²) in [6, 6.07) is 10.5. The van der Waals surface area contributed by atoms with Gasteiger partial charge < -0.3 is 10.1 Å². The van der Waals surface area contributed by atoms with Gasteiger partial charge in [-0.05, 0) is 77.1 Å². The van der Waals surface area contributed by atoms with Crippen LogP contribution in [0.5, 0.6) is 5.75 Å². The highest BCUT2D eigenvalue weighted by molar-refractivity contribution is 6.06. The molecule has 0 atom stereocenters. The average molecular weight is 476 g/mol. The number of benzene rings is 1. The minimum Gasteiger partial charge on any atom is -0.497 e. The van der Waals surface area contributed by atoms with Crippen molar-refractivity contribution in [1.29, 1.82) is 0 Å². The fourth-order valence-electron chi connectivity index (χ4n) is 5.07. The number of fused-ring (bicyclic) bond motifs is 1. The van der Waals surface area contributed by atoms with Crippen LogP contribution < -0.4 is 10.1 Å². The number of hydrogen-bond donors (Lipinski definition) is 1. The number of rotatable bonds is 6. The molecule has 7 heteroatoms. The molecule has 2 aliphatic rings. The molecular formula is C28H37N5O2. The first-order chi connectivity index (χ1) is 16.7. The number of methoxy groups -OCH3 is 1. The van der Waals surface area contributed by atoms with E-state index in [1.807, 2.05) is 29.8 Å². The Labute approximate surface area is 207 Å². The first-order valence-corrected chi connectivity index (χ1v) is 12.8. The van der Waals surface area contributed by atoms with Gasteiger partial charge in [0.25, 0.3) is 5.91 Å². The zero-order valence-electron chi connectivity index (χ0n) is 21.6. The minimum atomic E-state index is -0.203. The third kappa shape index (κ3) is 5.06. The van der Waals surface area contributed by atoms with Crippen LogP contribution in [0, 0.1) is 6.92 Å². The summed E-state index contributed by atoms with van der Waals surface area (Å²) >= 11 is 0. The molecule has 3 aromatic rings.